The van der Waals surface area contributed by atoms with E-state index >= 15 is 0 Å². The highest BCUT2D eigenvalue weighted by molar-refractivity contribution is 6.30. The maximum absolute atomic E-state index is 12.8. The minimum atomic E-state index is -0.847. The van der Waals surface area contributed by atoms with Gasteiger partial charge >= 0.3 is 0 Å². The van der Waals surface area contributed by atoms with Gasteiger partial charge in [-0.2, -0.15) is 0 Å². The third-order valence-electron chi connectivity index (χ3n) is 4.93. The van der Waals surface area contributed by atoms with Crippen LogP contribution in [0, 0.1) is 0 Å². The molecule has 146 valence electrons. The summed E-state index contributed by atoms with van der Waals surface area (Å²) in [7, 11) is 3.55. The number of rotatable bonds is 9. The van der Waals surface area contributed by atoms with Crippen LogP contribution in [0.1, 0.15) is 71.8 Å². The molecule has 0 aliphatic carbocycles. The minimum absolute atomic E-state index is 0.00175. The van der Waals surface area contributed by atoms with Crippen molar-refractivity contribution in [2.45, 2.75) is 71.8 Å². The number of amides is 1. The smallest absolute Gasteiger partial charge is 0.266 e. The Balaban J connectivity index is 3.27. The number of carbonyl (C=O) groups is 1. The van der Waals surface area contributed by atoms with Gasteiger partial charge in [0.1, 0.15) is 5.75 Å². The van der Waals surface area contributed by atoms with Gasteiger partial charge in [-0.05, 0) is 62.3 Å². The van der Waals surface area contributed by atoms with Crippen LogP contribution in [0.3, 0.4) is 0 Å². The second-order valence-electron chi connectivity index (χ2n) is 7.25. The molecule has 0 aliphatic heterocycles. The molecule has 0 bridgehead atoms. The number of likely N-dealkylation sites (N-methyl/N-ethyl adjacent to an activating group) is 1. The van der Waals surface area contributed by atoms with Crippen LogP contribution in [0.15, 0.2) is 29.8 Å². The van der Waals surface area contributed by atoms with E-state index < -0.39 is 5.60 Å². The molecule has 3 nitrogen and oxygen atoms in total. The van der Waals surface area contributed by atoms with Crippen LogP contribution in [0.5, 0.6) is 5.75 Å². The molecule has 1 aromatic rings. The highest BCUT2D eigenvalue weighted by Gasteiger charge is 2.39. The third kappa shape index (κ3) is 5.51. The molecule has 1 atom stereocenters. The van der Waals surface area contributed by atoms with Crippen molar-refractivity contribution in [1.82, 2.24) is 4.90 Å². The van der Waals surface area contributed by atoms with Crippen molar-refractivity contribution < 1.29 is 9.53 Å². The molecule has 0 spiro atoms. The van der Waals surface area contributed by atoms with E-state index in [2.05, 4.69) is 26.8 Å². The van der Waals surface area contributed by atoms with Crippen molar-refractivity contribution in [2.24, 2.45) is 0 Å². The predicted octanol–water partition coefficient (Wildman–Crippen LogP) is 6.22. The Morgan fingerprint density at radius 1 is 1.27 bits per heavy atom. The van der Waals surface area contributed by atoms with Crippen molar-refractivity contribution in [3.05, 3.63) is 40.4 Å². The largest absolute Gasteiger partial charge is 0.477 e. The fourth-order valence-electron chi connectivity index (χ4n) is 3.38. The Morgan fingerprint density at radius 3 is 2.38 bits per heavy atom. The van der Waals surface area contributed by atoms with E-state index in [-0.39, 0.29) is 11.8 Å². The zero-order valence-electron chi connectivity index (χ0n) is 17.4. The van der Waals surface area contributed by atoms with E-state index in [1.807, 2.05) is 32.0 Å². The fraction of sp³-hybridized carbons (Fsp3) is 0.591. The number of halogens is 1. The third-order valence-corrected chi connectivity index (χ3v) is 5.16. The molecule has 1 amide bonds. The van der Waals surface area contributed by atoms with Crippen LogP contribution in [0.4, 0.5) is 0 Å². The molecule has 0 saturated carbocycles. The number of nitrogens with zero attached hydrogens (tertiary/aromatic N) is 1. The molecule has 0 radical (unpaired) electrons. The maximum atomic E-state index is 12.8. The lowest BCUT2D eigenvalue weighted by Crippen LogP contribution is -2.50. The second kappa shape index (κ2) is 10.0. The molecule has 0 aromatic heterocycles. The highest BCUT2D eigenvalue weighted by atomic mass is 35.5. The van der Waals surface area contributed by atoms with Crippen LogP contribution in [-0.2, 0) is 4.79 Å². The van der Waals surface area contributed by atoms with Gasteiger partial charge in [0.2, 0.25) is 0 Å². The van der Waals surface area contributed by atoms with Gasteiger partial charge in [-0.1, -0.05) is 50.9 Å². The number of hydrogen-bond donors (Lipinski definition) is 0. The number of allylic oxidation sites excluding steroid dienone is 2. The first kappa shape index (κ1) is 22.6. The van der Waals surface area contributed by atoms with Crippen LogP contribution < -0.4 is 4.74 Å². The Bertz CT molecular complexity index is 633. The topological polar surface area (TPSA) is 29.5 Å². The number of hydrogen-bond acceptors (Lipinski definition) is 2. The first-order valence-electron chi connectivity index (χ1n) is 9.56. The first-order chi connectivity index (χ1) is 12.2. The number of benzene rings is 1. The van der Waals surface area contributed by atoms with Crippen molar-refractivity contribution in [3.63, 3.8) is 0 Å². The van der Waals surface area contributed by atoms with Crippen LogP contribution in [-0.4, -0.2) is 30.5 Å². The van der Waals surface area contributed by atoms with Crippen LogP contribution >= 0.6 is 11.6 Å². The SMILES string of the molecule is CC/C=C(/C)CC(C)c1cc(Cl)ccc1OC(CC)(CC)C(=O)N(C)C. The summed E-state index contributed by atoms with van der Waals surface area (Å²) in [6.07, 6.45) is 5.46. The van der Waals surface area contributed by atoms with E-state index in [0.717, 1.165) is 24.2 Å². The molecule has 1 unspecified atom stereocenters. The normalized spacial score (nSPS) is 13.5. The maximum Gasteiger partial charge on any atom is 0.266 e. The van der Waals surface area contributed by atoms with E-state index in [0.29, 0.717) is 17.9 Å². The Hall–Kier alpha value is -1.48. The van der Waals surface area contributed by atoms with E-state index in [9.17, 15) is 4.79 Å². The van der Waals surface area contributed by atoms with Crippen LogP contribution in [0.2, 0.25) is 5.02 Å². The summed E-state index contributed by atoms with van der Waals surface area (Å²) < 4.78 is 6.40. The fourth-order valence-corrected chi connectivity index (χ4v) is 3.56. The molecule has 0 heterocycles. The summed E-state index contributed by atoms with van der Waals surface area (Å²) >= 11 is 6.27. The van der Waals surface area contributed by atoms with Gasteiger partial charge in [-0.15, -0.1) is 0 Å². The van der Waals surface area contributed by atoms with E-state index in [1.54, 1.807) is 19.0 Å². The minimum Gasteiger partial charge on any atom is -0.477 e. The Labute approximate surface area is 164 Å². The van der Waals surface area contributed by atoms with E-state index in [4.69, 9.17) is 16.3 Å². The van der Waals surface area contributed by atoms with Crippen LogP contribution in [0.25, 0.3) is 0 Å². The van der Waals surface area contributed by atoms with Crippen molar-refractivity contribution in [3.8, 4) is 5.75 Å². The van der Waals surface area contributed by atoms with Gasteiger partial charge in [0, 0.05) is 19.1 Å². The van der Waals surface area contributed by atoms with Crippen molar-refractivity contribution in [1.29, 1.82) is 0 Å². The second-order valence-corrected chi connectivity index (χ2v) is 7.69. The molecule has 4 heteroatoms. The molecular weight excluding hydrogens is 346 g/mol. The predicted molar refractivity (Wildman–Crippen MR) is 111 cm³/mol. The molecule has 0 N–H and O–H groups in total. The molecule has 0 fully saturated rings. The Kier molecular flexibility index (Phi) is 8.69. The Morgan fingerprint density at radius 2 is 1.88 bits per heavy atom. The zero-order valence-corrected chi connectivity index (χ0v) is 18.1. The molecule has 0 saturated heterocycles. The summed E-state index contributed by atoms with van der Waals surface area (Å²) in [5, 5.41) is 0.689. The molecule has 1 aromatic carbocycles. The van der Waals surface area contributed by atoms with Gasteiger partial charge in [-0.25, -0.2) is 0 Å². The molecule has 1 rings (SSSR count). The highest BCUT2D eigenvalue weighted by Crippen LogP contribution is 2.36. The summed E-state index contributed by atoms with van der Waals surface area (Å²) in [6.45, 7) is 10.5. The number of ether oxygens (including phenoxy) is 1. The average Bonchev–Trinajstić information content (AvgIpc) is 2.60. The monoisotopic (exact) mass is 379 g/mol. The van der Waals surface area contributed by atoms with Crippen molar-refractivity contribution in [2.75, 3.05) is 14.1 Å². The standard InChI is InChI=1S/C22H34ClNO2/c1-8-11-16(4)14-17(5)19-15-18(23)12-13-20(19)26-22(9-2,10-3)21(25)24(6)7/h11-13,15,17H,8-10,14H2,1-7H3/b16-11-. The lowest BCUT2D eigenvalue weighted by atomic mass is 9.91. The van der Waals surface area contributed by atoms with Gasteiger partial charge in [0.15, 0.2) is 5.60 Å². The van der Waals surface area contributed by atoms with Gasteiger partial charge in [0.25, 0.3) is 5.91 Å². The lowest BCUT2D eigenvalue weighted by molar-refractivity contribution is -0.146. The quantitative estimate of drug-likeness (QED) is 0.477. The summed E-state index contributed by atoms with van der Waals surface area (Å²) in [5.41, 5.74) is 1.56. The molecular formula is C22H34ClNO2. The van der Waals surface area contributed by atoms with Gasteiger partial charge in [-0.3, -0.25) is 4.79 Å². The van der Waals surface area contributed by atoms with Gasteiger partial charge < -0.3 is 9.64 Å². The molecule has 0 aliphatic rings. The van der Waals surface area contributed by atoms with Gasteiger partial charge in [0.05, 0.1) is 0 Å². The molecule has 26 heavy (non-hydrogen) atoms. The number of carbonyl (C=O) groups excluding carboxylic acids is 1. The lowest BCUT2D eigenvalue weighted by Gasteiger charge is -2.34. The summed E-state index contributed by atoms with van der Waals surface area (Å²) in [6, 6.07) is 5.70. The van der Waals surface area contributed by atoms with E-state index in [1.165, 1.54) is 5.57 Å². The summed E-state index contributed by atoms with van der Waals surface area (Å²) in [5.74, 6) is 1.01. The summed E-state index contributed by atoms with van der Waals surface area (Å²) in [4.78, 5) is 14.4. The van der Waals surface area contributed by atoms with Crippen molar-refractivity contribution >= 4 is 17.5 Å². The first-order valence-corrected chi connectivity index (χ1v) is 9.94. The average molecular weight is 380 g/mol. The zero-order chi connectivity index (χ0) is 19.9.